The Hall–Kier alpha value is -2.32. The third-order valence-electron chi connectivity index (χ3n) is 3.59. The average molecular weight is 328 g/mol. The van der Waals surface area contributed by atoms with E-state index in [2.05, 4.69) is 19.9 Å². The summed E-state index contributed by atoms with van der Waals surface area (Å²) >= 11 is 0. The van der Waals surface area contributed by atoms with Crippen LogP contribution in [0.15, 0.2) is 22.9 Å². The summed E-state index contributed by atoms with van der Waals surface area (Å²) in [7, 11) is 0. The van der Waals surface area contributed by atoms with Gasteiger partial charge >= 0.3 is 6.36 Å². The van der Waals surface area contributed by atoms with Crippen molar-refractivity contribution in [2.75, 3.05) is 18.0 Å². The number of hydrogen-bond donors (Lipinski definition) is 0. The van der Waals surface area contributed by atoms with E-state index in [0.29, 0.717) is 24.1 Å². The van der Waals surface area contributed by atoms with Crippen molar-refractivity contribution in [3.63, 3.8) is 0 Å². The summed E-state index contributed by atoms with van der Waals surface area (Å²) in [4.78, 5) is 10.3. The zero-order valence-electron chi connectivity index (χ0n) is 12.4. The molecule has 0 aliphatic carbocycles. The first-order valence-electron chi connectivity index (χ1n) is 7.18. The SMILES string of the molecule is Cc1noc(C2CCCN(c3ccc(OC(F)(F)F)cn3)C2)n1. The van der Waals surface area contributed by atoms with Gasteiger partial charge in [0.05, 0.1) is 12.1 Å². The van der Waals surface area contributed by atoms with E-state index >= 15 is 0 Å². The van der Waals surface area contributed by atoms with E-state index in [0.717, 1.165) is 25.6 Å². The molecule has 2 aromatic heterocycles. The molecule has 0 saturated carbocycles. The van der Waals surface area contributed by atoms with Crippen LogP contribution in [0.3, 0.4) is 0 Å². The molecule has 0 radical (unpaired) electrons. The maximum absolute atomic E-state index is 12.2. The number of halogens is 3. The van der Waals surface area contributed by atoms with Crippen molar-refractivity contribution < 1.29 is 22.4 Å². The molecule has 3 heterocycles. The highest BCUT2D eigenvalue weighted by molar-refractivity contribution is 5.41. The fourth-order valence-electron chi connectivity index (χ4n) is 2.62. The van der Waals surface area contributed by atoms with Gasteiger partial charge in [-0.2, -0.15) is 4.98 Å². The van der Waals surface area contributed by atoms with Crippen LogP contribution in [0.5, 0.6) is 5.75 Å². The number of aryl methyl sites for hydroxylation is 1. The maximum Gasteiger partial charge on any atom is 0.573 e. The van der Waals surface area contributed by atoms with E-state index in [1.54, 1.807) is 6.92 Å². The number of aromatic nitrogens is 3. The second kappa shape index (κ2) is 6.05. The molecule has 1 atom stereocenters. The van der Waals surface area contributed by atoms with Crippen molar-refractivity contribution in [3.8, 4) is 5.75 Å². The summed E-state index contributed by atoms with van der Waals surface area (Å²) in [6.07, 6.45) is -1.81. The predicted octanol–water partition coefficient (Wildman–Crippen LogP) is 3.06. The lowest BCUT2D eigenvalue weighted by molar-refractivity contribution is -0.274. The first kappa shape index (κ1) is 15.6. The number of ether oxygens (including phenoxy) is 1. The third-order valence-corrected chi connectivity index (χ3v) is 3.59. The minimum atomic E-state index is -4.71. The number of piperidine rings is 1. The quantitative estimate of drug-likeness (QED) is 0.863. The molecule has 9 heteroatoms. The summed E-state index contributed by atoms with van der Waals surface area (Å²) < 4.78 is 45.5. The lowest BCUT2D eigenvalue weighted by Gasteiger charge is -2.31. The van der Waals surface area contributed by atoms with Gasteiger partial charge in [-0.3, -0.25) is 0 Å². The topological polar surface area (TPSA) is 64.3 Å². The second-order valence-corrected chi connectivity index (χ2v) is 5.36. The van der Waals surface area contributed by atoms with Gasteiger partial charge in [0, 0.05) is 13.1 Å². The lowest BCUT2D eigenvalue weighted by atomic mass is 9.98. The van der Waals surface area contributed by atoms with Crippen molar-refractivity contribution in [1.82, 2.24) is 15.1 Å². The van der Waals surface area contributed by atoms with Crippen molar-refractivity contribution in [2.24, 2.45) is 0 Å². The van der Waals surface area contributed by atoms with Crippen molar-refractivity contribution in [3.05, 3.63) is 30.0 Å². The molecular formula is C14H15F3N4O2. The average Bonchev–Trinajstić information content (AvgIpc) is 2.93. The van der Waals surface area contributed by atoms with E-state index in [1.165, 1.54) is 12.1 Å². The summed E-state index contributed by atoms with van der Waals surface area (Å²) in [5.41, 5.74) is 0. The molecular weight excluding hydrogens is 313 g/mol. The smallest absolute Gasteiger partial charge is 0.404 e. The fraction of sp³-hybridized carbons (Fsp3) is 0.500. The number of hydrogen-bond acceptors (Lipinski definition) is 6. The zero-order chi connectivity index (χ0) is 16.4. The highest BCUT2D eigenvalue weighted by atomic mass is 19.4. The molecule has 1 aliphatic heterocycles. The first-order valence-corrected chi connectivity index (χ1v) is 7.18. The number of nitrogens with zero attached hydrogens (tertiary/aromatic N) is 4. The van der Waals surface area contributed by atoms with Crippen LogP contribution in [0.25, 0.3) is 0 Å². The zero-order valence-corrected chi connectivity index (χ0v) is 12.4. The van der Waals surface area contributed by atoms with Gasteiger partial charge < -0.3 is 14.2 Å². The monoisotopic (exact) mass is 328 g/mol. The number of rotatable bonds is 3. The lowest BCUT2D eigenvalue weighted by Crippen LogP contribution is -2.35. The maximum atomic E-state index is 12.2. The predicted molar refractivity (Wildman–Crippen MR) is 74.1 cm³/mol. The second-order valence-electron chi connectivity index (χ2n) is 5.36. The van der Waals surface area contributed by atoms with Gasteiger partial charge in [-0.25, -0.2) is 4.98 Å². The van der Waals surface area contributed by atoms with E-state index in [9.17, 15) is 13.2 Å². The molecule has 23 heavy (non-hydrogen) atoms. The van der Waals surface area contributed by atoms with E-state index in [1.807, 2.05) is 4.90 Å². The molecule has 0 amide bonds. The Bertz CT molecular complexity index is 657. The molecule has 3 rings (SSSR count). The molecule has 0 aromatic carbocycles. The molecule has 0 spiro atoms. The molecule has 0 bridgehead atoms. The summed E-state index contributed by atoms with van der Waals surface area (Å²) in [5, 5.41) is 3.79. The van der Waals surface area contributed by atoms with Crippen LogP contribution >= 0.6 is 0 Å². The van der Waals surface area contributed by atoms with Gasteiger partial charge in [0.1, 0.15) is 11.6 Å². The first-order chi connectivity index (χ1) is 10.9. The van der Waals surface area contributed by atoms with Gasteiger partial charge in [-0.05, 0) is 31.9 Å². The van der Waals surface area contributed by atoms with Crippen LogP contribution in [-0.2, 0) is 0 Å². The molecule has 1 fully saturated rings. The van der Waals surface area contributed by atoms with Gasteiger partial charge in [0.2, 0.25) is 5.89 Å². The Labute approximate surface area is 130 Å². The summed E-state index contributed by atoms with van der Waals surface area (Å²) in [5.74, 6) is 1.54. The van der Waals surface area contributed by atoms with Gasteiger partial charge in [0.15, 0.2) is 5.82 Å². The molecule has 124 valence electrons. The highest BCUT2D eigenvalue weighted by Gasteiger charge is 2.31. The van der Waals surface area contributed by atoms with Crippen LogP contribution < -0.4 is 9.64 Å². The third kappa shape index (κ3) is 3.91. The molecule has 0 N–H and O–H groups in total. The largest absolute Gasteiger partial charge is 0.573 e. The van der Waals surface area contributed by atoms with Crippen LogP contribution in [-0.4, -0.2) is 34.6 Å². The van der Waals surface area contributed by atoms with Gasteiger partial charge in [-0.1, -0.05) is 5.16 Å². The van der Waals surface area contributed by atoms with Crippen LogP contribution in [0.2, 0.25) is 0 Å². The van der Waals surface area contributed by atoms with Gasteiger partial charge in [0.25, 0.3) is 0 Å². The molecule has 1 unspecified atom stereocenters. The Kier molecular flexibility index (Phi) is 4.10. The number of alkyl halides is 3. The summed E-state index contributed by atoms with van der Waals surface area (Å²) in [6, 6.07) is 2.78. The van der Waals surface area contributed by atoms with E-state index in [4.69, 9.17) is 4.52 Å². The van der Waals surface area contributed by atoms with Crippen molar-refractivity contribution in [2.45, 2.75) is 32.0 Å². The summed E-state index contributed by atoms with van der Waals surface area (Å²) in [6.45, 7) is 3.17. The Balaban J connectivity index is 1.69. The van der Waals surface area contributed by atoms with E-state index in [-0.39, 0.29) is 11.7 Å². The molecule has 1 aliphatic rings. The Morgan fingerprint density at radius 2 is 2.17 bits per heavy atom. The minimum absolute atomic E-state index is 0.0952. The van der Waals surface area contributed by atoms with Gasteiger partial charge in [-0.15, -0.1) is 13.2 Å². The Morgan fingerprint density at radius 1 is 1.35 bits per heavy atom. The normalized spacial score (nSPS) is 19.0. The highest BCUT2D eigenvalue weighted by Crippen LogP contribution is 2.29. The molecule has 1 saturated heterocycles. The van der Waals surface area contributed by atoms with Crippen LogP contribution in [0.4, 0.5) is 19.0 Å². The van der Waals surface area contributed by atoms with E-state index < -0.39 is 6.36 Å². The minimum Gasteiger partial charge on any atom is -0.404 e. The van der Waals surface area contributed by atoms with Crippen molar-refractivity contribution in [1.29, 1.82) is 0 Å². The fourth-order valence-corrected chi connectivity index (χ4v) is 2.62. The van der Waals surface area contributed by atoms with Crippen molar-refractivity contribution >= 4 is 5.82 Å². The number of anilines is 1. The molecule has 6 nitrogen and oxygen atoms in total. The van der Waals surface area contributed by atoms with Crippen LogP contribution in [0, 0.1) is 6.92 Å². The number of pyridine rings is 1. The van der Waals surface area contributed by atoms with Crippen LogP contribution in [0.1, 0.15) is 30.5 Å². The standard InChI is InChI=1S/C14H15F3N4O2/c1-9-19-13(23-20-9)10-3-2-6-21(8-10)12-5-4-11(7-18-12)22-14(15,16)17/h4-5,7,10H,2-3,6,8H2,1H3. The molecule has 2 aromatic rings. The Morgan fingerprint density at radius 3 is 2.78 bits per heavy atom.